The van der Waals surface area contributed by atoms with E-state index in [1.54, 1.807) is 19.1 Å². The van der Waals surface area contributed by atoms with Gasteiger partial charge in [-0.2, -0.15) is 0 Å². The Hall–Kier alpha value is -1.09. The molecule has 0 saturated carbocycles. The van der Waals surface area contributed by atoms with Crippen LogP contribution >= 0.6 is 0 Å². The minimum Gasteiger partial charge on any atom is -0.492 e. The molecule has 1 aromatic carbocycles. The maximum Gasteiger partial charge on any atom is 0.126 e. The minimum absolute atomic E-state index is 0.185. The van der Waals surface area contributed by atoms with Crippen molar-refractivity contribution < 1.29 is 9.13 Å². The third-order valence-electron chi connectivity index (χ3n) is 3.23. The quantitative estimate of drug-likeness (QED) is 0.681. The molecule has 2 nitrogen and oxygen atoms in total. The largest absolute Gasteiger partial charge is 0.492 e. The Morgan fingerprint density at radius 2 is 2.11 bits per heavy atom. The fourth-order valence-electron chi connectivity index (χ4n) is 1.98. The van der Waals surface area contributed by atoms with Crippen molar-refractivity contribution in [2.45, 2.75) is 52.5 Å². The number of halogens is 1. The highest BCUT2D eigenvalue weighted by atomic mass is 19.1. The van der Waals surface area contributed by atoms with Crippen LogP contribution in [0, 0.1) is 12.7 Å². The number of unbranched alkanes of at least 4 members (excludes halogenated alkanes) is 2. The lowest BCUT2D eigenvalue weighted by Crippen LogP contribution is -2.30. The molecule has 108 valence electrons. The van der Waals surface area contributed by atoms with E-state index < -0.39 is 0 Å². The third kappa shape index (κ3) is 6.58. The van der Waals surface area contributed by atoms with Crippen molar-refractivity contribution in [3.05, 3.63) is 29.6 Å². The van der Waals surface area contributed by atoms with Crippen LogP contribution in [0.5, 0.6) is 5.75 Å². The van der Waals surface area contributed by atoms with Crippen LogP contribution in [0.1, 0.15) is 45.1 Å². The van der Waals surface area contributed by atoms with Gasteiger partial charge in [0.05, 0.1) is 0 Å². The van der Waals surface area contributed by atoms with Crippen LogP contribution in [0.3, 0.4) is 0 Å². The van der Waals surface area contributed by atoms with Crippen molar-refractivity contribution in [3.8, 4) is 5.75 Å². The monoisotopic (exact) mass is 267 g/mol. The van der Waals surface area contributed by atoms with Crippen LogP contribution in [0.15, 0.2) is 18.2 Å². The predicted molar refractivity (Wildman–Crippen MR) is 78.2 cm³/mol. The first-order valence-electron chi connectivity index (χ1n) is 7.25. The molecule has 0 radical (unpaired) electrons. The average Bonchev–Trinajstić information content (AvgIpc) is 2.39. The predicted octanol–water partition coefficient (Wildman–Crippen LogP) is 4.07. The summed E-state index contributed by atoms with van der Waals surface area (Å²) in [5.74, 6) is 0.550. The van der Waals surface area contributed by atoms with Crippen molar-refractivity contribution in [1.82, 2.24) is 5.32 Å². The molecule has 19 heavy (non-hydrogen) atoms. The van der Waals surface area contributed by atoms with Gasteiger partial charge in [-0.3, -0.25) is 0 Å². The van der Waals surface area contributed by atoms with E-state index in [2.05, 4.69) is 19.2 Å². The Bertz CT molecular complexity index is 368. The van der Waals surface area contributed by atoms with E-state index >= 15 is 0 Å². The summed E-state index contributed by atoms with van der Waals surface area (Å²) in [4.78, 5) is 0. The summed E-state index contributed by atoms with van der Waals surface area (Å²) >= 11 is 0. The zero-order valence-electron chi connectivity index (χ0n) is 12.3. The number of hydrogen-bond donors (Lipinski definition) is 1. The molecule has 1 aromatic rings. The molecule has 3 heteroatoms. The van der Waals surface area contributed by atoms with Gasteiger partial charge in [-0.15, -0.1) is 0 Å². The Balaban J connectivity index is 2.14. The molecule has 1 N–H and O–H groups in total. The number of hydrogen-bond acceptors (Lipinski definition) is 2. The zero-order valence-corrected chi connectivity index (χ0v) is 12.3. The molecule has 0 saturated heterocycles. The SMILES string of the molecule is CCCCCC(C)NCCOc1ccc(F)c(C)c1. The molecule has 1 atom stereocenters. The third-order valence-corrected chi connectivity index (χ3v) is 3.23. The first-order valence-corrected chi connectivity index (χ1v) is 7.25. The van der Waals surface area contributed by atoms with Gasteiger partial charge in [0, 0.05) is 12.6 Å². The summed E-state index contributed by atoms with van der Waals surface area (Å²) in [6, 6.07) is 5.39. The van der Waals surface area contributed by atoms with Gasteiger partial charge >= 0.3 is 0 Å². The maximum absolute atomic E-state index is 13.1. The molecule has 0 aliphatic rings. The summed E-state index contributed by atoms with van der Waals surface area (Å²) in [6.07, 6.45) is 5.06. The van der Waals surface area contributed by atoms with E-state index in [9.17, 15) is 4.39 Å². The minimum atomic E-state index is -0.185. The number of aryl methyl sites for hydroxylation is 1. The van der Waals surface area contributed by atoms with Crippen molar-refractivity contribution >= 4 is 0 Å². The Labute approximate surface area is 116 Å². The molecular weight excluding hydrogens is 241 g/mol. The van der Waals surface area contributed by atoms with E-state index in [1.165, 1.54) is 31.7 Å². The lowest BCUT2D eigenvalue weighted by Gasteiger charge is -2.14. The maximum atomic E-state index is 13.1. The van der Waals surface area contributed by atoms with Gasteiger partial charge in [-0.1, -0.05) is 26.2 Å². The second-order valence-corrected chi connectivity index (χ2v) is 5.11. The van der Waals surface area contributed by atoms with Gasteiger partial charge in [0.2, 0.25) is 0 Å². The molecule has 0 heterocycles. The topological polar surface area (TPSA) is 21.3 Å². The smallest absolute Gasteiger partial charge is 0.126 e. The van der Waals surface area contributed by atoms with E-state index in [-0.39, 0.29) is 5.82 Å². The summed E-state index contributed by atoms with van der Waals surface area (Å²) in [5, 5.41) is 3.44. The van der Waals surface area contributed by atoms with Gasteiger partial charge in [0.25, 0.3) is 0 Å². The number of ether oxygens (including phenoxy) is 1. The lowest BCUT2D eigenvalue weighted by molar-refractivity contribution is 0.303. The molecule has 0 fully saturated rings. The van der Waals surface area contributed by atoms with Gasteiger partial charge in [-0.25, -0.2) is 4.39 Å². The molecular formula is C16H26FNO. The Kier molecular flexibility index (Phi) is 7.49. The van der Waals surface area contributed by atoms with Gasteiger partial charge in [0.15, 0.2) is 0 Å². The van der Waals surface area contributed by atoms with E-state index in [1.807, 2.05) is 0 Å². The lowest BCUT2D eigenvalue weighted by atomic mass is 10.1. The van der Waals surface area contributed by atoms with E-state index in [0.29, 0.717) is 18.2 Å². The van der Waals surface area contributed by atoms with Gasteiger partial charge < -0.3 is 10.1 Å². The molecule has 0 aromatic heterocycles. The van der Waals surface area contributed by atoms with Crippen LogP contribution in [-0.2, 0) is 0 Å². The number of rotatable bonds is 9. The fraction of sp³-hybridized carbons (Fsp3) is 0.625. The van der Waals surface area contributed by atoms with E-state index in [4.69, 9.17) is 4.74 Å². The van der Waals surface area contributed by atoms with Crippen molar-refractivity contribution in [3.63, 3.8) is 0 Å². The highest BCUT2D eigenvalue weighted by Crippen LogP contribution is 2.15. The second-order valence-electron chi connectivity index (χ2n) is 5.11. The first-order chi connectivity index (χ1) is 9.13. The highest BCUT2D eigenvalue weighted by molar-refractivity contribution is 5.28. The molecule has 0 bridgehead atoms. The number of nitrogens with one attached hydrogen (secondary N) is 1. The average molecular weight is 267 g/mol. The second kappa shape index (κ2) is 8.92. The number of benzene rings is 1. The summed E-state index contributed by atoms with van der Waals surface area (Å²) in [7, 11) is 0. The fourth-order valence-corrected chi connectivity index (χ4v) is 1.98. The van der Waals surface area contributed by atoms with Crippen molar-refractivity contribution in [1.29, 1.82) is 0 Å². The summed E-state index contributed by atoms with van der Waals surface area (Å²) < 4.78 is 18.7. The summed E-state index contributed by atoms with van der Waals surface area (Å²) in [5.41, 5.74) is 0.624. The van der Waals surface area contributed by atoms with Gasteiger partial charge in [-0.05, 0) is 44.0 Å². The van der Waals surface area contributed by atoms with Crippen LogP contribution in [-0.4, -0.2) is 19.2 Å². The molecule has 0 aliphatic heterocycles. The van der Waals surface area contributed by atoms with Crippen molar-refractivity contribution in [2.75, 3.05) is 13.2 Å². The van der Waals surface area contributed by atoms with Crippen LogP contribution in [0.25, 0.3) is 0 Å². The zero-order chi connectivity index (χ0) is 14.1. The van der Waals surface area contributed by atoms with Crippen LogP contribution in [0.2, 0.25) is 0 Å². The first kappa shape index (κ1) is 16.0. The standard InChI is InChI=1S/C16H26FNO/c1-4-5-6-7-14(3)18-10-11-19-15-8-9-16(17)13(2)12-15/h8-9,12,14,18H,4-7,10-11H2,1-3H3. The van der Waals surface area contributed by atoms with Crippen LogP contribution < -0.4 is 10.1 Å². The molecule has 0 spiro atoms. The molecule has 1 unspecified atom stereocenters. The molecule has 1 rings (SSSR count). The van der Waals surface area contributed by atoms with Crippen molar-refractivity contribution in [2.24, 2.45) is 0 Å². The van der Waals surface area contributed by atoms with E-state index in [0.717, 1.165) is 12.3 Å². The molecule has 0 amide bonds. The Morgan fingerprint density at radius 1 is 1.32 bits per heavy atom. The van der Waals surface area contributed by atoms with Crippen LogP contribution in [0.4, 0.5) is 4.39 Å². The Morgan fingerprint density at radius 3 is 2.79 bits per heavy atom. The van der Waals surface area contributed by atoms with Gasteiger partial charge in [0.1, 0.15) is 18.2 Å². The highest BCUT2D eigenvalue weighted by Gasteiger charge is 2.02. The normalized spacial score (nSPS) is 12.4. The molecule has 0 aliphatic carbocycles. The summed E-state index contributed by atoms with van der Waals surface area (Å²) in [6.45, 7) is 7.61.